The Kier molecular flexibility index (Phi) is 35.8. The quantitative estimate of drug-likeness (QED) is 0.142. The van der Waals surface area contributed by atoms with Crippen LogP contribution in [0.25, 0.3) is 0 Å². The second-order valence-electron chi connectivity index (χ2n) is 8.01. The number of nitrogens with two attached hydrogens (primary N) is 1. The van der Waals surface area contributed by atoms with E-state index >= 15 is 0 Å². The molecule has 7 heteroatoms. The summed E-state index contributed by atoms with van der Waals surface area (Å²) in [6.45, 7) is 2.70. The van der Waals surface area contributed by atoms with Crippen molar-refractivity contribution in [2.75, 3.05) is 6.61 Å². The van der Waals surface area contributed by atoms with Crippen molar-refractivity contribution in [2.45, 2.75) is 129 Å². The zero-order chi connectivity index (χ0) is 20.9. The molecule has 0 radical (unpaired) electrons. The second kappa shape index (κ2) is 29.2. The van der Waals surface area contributed by atoms with Crippen LogP contribution in [0, 0.1) is 0 Å². The summed E-state index contributed by atoms with van der Waals surface area (Å²) in [5.41, 5.74) is 5.35. The summed E-state index contributed by atoms with van der Waals surface area (Å²) in [5.74, 6) is -1.43. The van der Waals surface area contributed by atoms with E-state index in [2.05, 4.69) is 6.92 Å². The number of hydrogen-bond acceptors (Lipinski definition) is 4. The summed E-state index contributed by atoms with van der Waals surface area (Å²) in [4.78, 5) is 22.0. The monoisotopic (exact) mass is 479 g/mol. The van der Waals surface area contributed by atoms with E-state index in [1.807, 2.05) is 0 Å². The van der Waals surface area contributed by atoms with Crippen LogP contribution in [-0.4, -0.2) is 132 Å². The van der Waals surface area contributed by atoms with E-state index in [4.69, 9.17) is 15.6 Å². The minimum absolute atomic E-state index is 0. The number of ether oxygens (including phenoxy) is 1. The van der Waals surface area contributed by atoms with Crippen LogP contribution < -0.4 is 5.73 Å². The van der Waals surface area contributed by atoms with Crippen LogP contribution in [0.5, 0.6) is 0 Å². The Bertz CT molecular complexity index is 384. The van der Waals surface area contributed by atoms with Gasteiger partial charge in [0.15, 0.2) is 0 Å². The molecule has 0 aliphatic carbocycles. The molecule has 30 heavy (non-hydrogen) atoms. The van der Waals surface area contributed by atoms with Gasteiger partial charge in [0.1, 0.15) is 6.04 Å². The average Bonchev–Trinajstić information content (AvgIpc) is 2.68. The van der Waals surface area contributed by atoms with Gasteiger partial charge in [0, 0.05) is 6.42 Å². The van der Waals surface area contributed by atoms with Gasteiger partial charge >= 0.3 is 115 Å². The summed E-state index contributed by atoms with van der Waals surface area (Å²) < 4.78 is 5.10. The number of hydrogen-bond donors (Lipinski definition) is 2. The molecule has 0 spiro atoms. The van der Waals surface area contributed by atoms with Crippen molar-refractivity contribution in [1.82, 2.24) is 0 Å². The van der Waals surface area contributed by atoms with E-state index in [1.54, 1.807) is 0 Å². The Balaban J connectivity index is -0.00000364. The Morgan fingerprint density at radius 3 is 1.47 bits per heavy atom. The Morgan fingerprint density at radius 2 is 1.10 bits per heavy atom. The standard InChI is InChI=1S/C23H45NO4.2K.2H/c1-2-3-4-5-6-7-8-9-10-11-12-13-14-15-16-17-20-28-22(25)19-18-21(24)23(26)27;;;;/h21H,2-20,24H2,1H3,(H,26,27);;;;/t21-;;;;/m0..../s1. The molecule has 0 saturated heterocycles. The number of rotatable bonds is 21. The zero-order valence-electron chi connectivity index (χ0n) is 18.3. The summed E-state index contributed by atoms with van der Waals surface area (Å²) in [5, 5.41) is 8.65. The van der Waals surface area contributed by atoms with Gasteiger partial charge in [-0.25, -0.2) is 0 Å². The third kappa shape index (κ3) is 28.2. The zero-order valence-corrected chi connectivity index (χ0v) is 18.3. The molecule has 0 aliphatic rings. The van der Waals surface area contributed by atoms with Crippen molar-refractivity contribution in [3.05, 3.63) is 0 Å². The normalized spacial score (nSPS) is 11.3. The van der Waals surface area contributed by atoms with E-state index in [1.165, 1.54) is 89.9 Å². The van der Waals surface area contributed by atoms with Gasteiger partial charge < -0.3 is 15.6 Å². The van der Waals surface area contributed by atoms with Gasteiger partial charge in [-0.2, -0.15) is 0 Å². The molecule has 0 amide bonds. The minimum atomic E-state index is -1.08. The summed E-state index contributed by atoms with van der Waals surface area (Å²) in [7, 11) is 0. The fraction of sp³-hybridized carbons (Fsp3) is 0.913. The average molecular weight is 480 g/mol. The van der Waals surface area contributed by atoms with Gasteiger partial charge in [0.05, 0.1) is 6.61 Å². The predicted molar refractivity (Wildman–Crippen MR) is 130 cm³/mol. The van der Waals surface area contributed by atoms with Gasteiger partial charge in [0.25, 0.3) is 0 Å². The van der Waals surface area contributed by atoms with Gasteiger partial charge in [-0.3, -0.25) is 9.59 Å². The first-order valence-electron chi connectivity index (χ1n) is 11.7. The van der Waals surface area contributed by atoms with Crippen molar-refractivity contribution in [3.8, 4) is 0 Å². The van der Waals surface area contributed by atoms with Gasteiger partial charge in [-0.15, -0.1) is 0 Å². The molecule has 0 aromatic heterocycles. The molecule has 3 N–H and O–H groups in total. The van der Waals surface area contributed by atoms with Crippen LogP contribution in [0.15, 0.2) is 0 Å². The fourth-order valence-corrected chi connectivity index (χ4v) is 3.31. The van der Waals surface area contributed by atoms with Crippen LogP contribution >= 0.6 is 0 Å². The first kappa shape index (κ1) is 36.7. The van der Waals surface area contributed by atoms with Gasteiger partial charge in [-0.05, 0) is 12.8 Å². The molecule has 0 bridgehead atoms. The van der Waals surface area contributed by atoms with E-state index < -0.39 is 12.0 Å². The molecule has 1 atom stereocenters. The van der Waals surface area contributed by atoms with Crippen LogP contribution in [-0.2, 0) is 14.3 Å². The van der Waals surface area contributed by atoms with Gasteiger partial charge in [-0.1, -0.05) is 103 Å². The fourth-order valence-electron chi connectivity index (χ4n) is 3.31. The molecular weight excluding hydrogens is 432 g/mol. The first-order valence-corrected chi connectivity index (χ1v) is 11.7. The summed E-state index contributed by atoms with van der Waals surface area (Å²) in [6.07, 6.45) is 21.3. The van der Waals surface area contributed by atoms with Crippen molar-refractivity contribution < 1.29 is 19.4 Å². The molecular formula is C23H47K2NO4. The number of carboxylic acid groups (broad SMARTS) is 1. The van der Waals surface area contributed by atoms with Crippen LogP contribution in [0.2, 0.25) is 0 Å². The molecule has 5 nitrogen and oxygen atoms in total. The Morgan fingerprint density at radius 1 is 0.733 bits per heavy atom. The van der Waals surface area contributed by atoms with Gasteiger partial charge in [0.2, 0.25) is 0 Å². The molecule has 0 aromatic carbocycles. The Hall–Kier alpha value is 2.17. The molecule has 0 aliphatic heterocycles. The van der Waals surface area contributed by atoms with E-state index in [0.29, 0.717) is 6.61 Å². The molecule has 170 valence electrons. The topological polar surface area (TPSA) is 89.6 Å². The number of unbranched alkanes of at least 4 members (excludes halogenated alkanes) is 15. The number of carboxylic acids is 1. The van der Waals surface area contributed by atoms with E-state index in [0.717, 1.165) is 12.8 Å². The van der Waals surface area contributed by atoms with Crippen molar-refractivity contribution in [3.63, 3.8) is 0 Å². The van der Waals surface area contributed by atoms with Crippen molar-refractivity contribution in [2.24, 2.45) is 5.73 Å². The number of aliphatic carboxylic acids is 1. The van der Waals surface area contributed by atoms with Crippen molar-refractivity contribution in [1.29, 1.82) is 0 Å². The maximum atomic E-state index is 11.5. The number of carbonyl (C=O) groups is 2. The SMILES string of the molecule is CCCCCCCCCCCCCCCCCCOC(=O)CC[C@H](N)C(=O)O.[KH].[KH]. The van der Waals surface area contributed by atoms with Crippen LogP contribution in [0.3, 0.4) is 0 Å². The van der Waals surface area contributed by atoms with E-state index in [-0.39, 0.29) is 122 Å². The van der Waals surface area contributed by atoms with E-state index in [9.17, 15) is 9.59 Å². The molecule has 0 unspecified atom stereocenters. The molecule has 0 aromatic rings. The number of carbonyl (C=O) groups excluding carboxylic acids is 1. The summed E-state index contributed by atoms with van der Waals surface area (Å²) in [6, 6.07) is -0.983. The first-order chi connectivity index (χ1) is 13.6. The molecule has 0 heterocycles. The predicted octanol–water partition coefficient (Wildman–Crippen LogP) is 4.69. The molecule has 0 rings (SSSR count). The molecule has 0 fully saturated rings. The third-order valence-electron chi connectivity index (χ3n) is 5.24. The van der Waals surface area contributed by atoms with Crippen LogP contribution in [0.4, 0.5) is 0 Å². The second-order valence-corrected chi connectivity index (χ2v) is 8.01. The van der Waals surface area contributed by atoms with Crippen molar-refractivity contribution >= 4 is 115 Å². The third-order valence-corrected chi connectivity index (χ3v) is 5.24. The number of esters is 1. The Labute approximate surface area is 270 Å². The maximum absolute atomic E-state index is 11.5. The summed E-state index contributed by atoms with van der Waals surface area (Å²) >= 11 is 0. The molecule has 0 saturated carbocycles. The van der Waals surface area contributed by atoms with Crippen LogP contribution in [0.1, 0.15) is 122 Å².